The van der Waals surface area contributed by atoms with Crippen LogP contribution in [0, 0.1) is 6.92 Å². The molecule has 5 nitrogen and oxygen atoms in total. The lowest BCUT2D eigenvalue weighted by Gasteiger charge is -2.19. The van der Waals surface area contributed by atoms with Crippen molar-refractivity contribution in [3.8, 4) is 0 Å². The van der Waals surface area contributed by atoms with Gasteiger partial charge < -0.3 is 14.8 Å². The molecule has 0 aromatic carbocycles. The van der Waals surface area contributed by atoms with Crippen LogP contribution in [0.2, 0.25) is 0 Å². The standard InChI is InChI=1S/C12H14N2O3.CHI3/c1-7-6-8-2-3-9(15)13-11(8)14-10(7)12-16-4-5-17-12;2-1(3)4/h6,12H,2-5H2,1H3,(H,13,14,15);1H. The molecular weight excluding hydrogens is 613 g/mol. The third kappa shape index (κ3) is 5.39. The number of carbonyl (C=O) groups is 1. The van der Waals surface area contributed by atoms with Gasteiger partial charge in [0.15, 0.2) is 0 Å². The fraction of sp³-hybridized carbons (Fsp3) is 0.538. The number of anilines is 1. The van der Waals surface area contributed by atoms with Crippen LogP contribution in [-0.4, -0.2) is 24.0 Å². The van der Waals surface area contributed by atoms with Crippen LogP contribution < -0.4 is 5.32 Å². The van der Waals surface area contributed by atoms with Crippen LogP contribution >= 0.6 is 67.8 Å². The zero-order valence-corrected chi connectivity index (χ0v) is 17.8. The molecule has 1 N–H and O–H groups in total. The lowest BCUT2D eigenvalue weighted by molar-refractivity contribution is -0.116. The van der Waals surface area contributed by atoms with E-state index in [-0.39, 0.29) is 12.2 Å². The van der Waals surface area contributed by atoms with Crippen molar-refractivity contribution in [2.24, 2.45) is 0 Å². The van der Waals surface area contributed by atoms with Crippen molar-refractivity contribution in [2.45, 2.75) is 26.0 Å². The number of hydrogen-bond donors (Lipinski definition) is 1. The van der Waals surface area contributed by atoms with Gasteiger partial charge in [0, 0.05) is 6.42 Å². The van der Waals surface area contributed by atoms with E-state index in [9.17, 15) is 4.79 Å². The number of alkyl halides is 3. The Morgan fingerprint density at radius 2 is 1.90 bits per heavy atom. The van der Waals surface area contributed by atoms with Gasteiger partial charge in [-0.3, -0.25) is 4.79 Å². The van der Waals surface area contributed by atoms with E-state index in [0.29, 0.717) is 25.5 Å². The van der Waals surface area contributed by atoms with Gasteiger partial charge in [0.2, 0.25) is 12.2 Å². The average molecular weight is 628 g/mol. The summed E-state index contributed by atoms with van der Waals surface area (Å²) in [4.78, 5) is 15.8. The molecule has 1 fully saturated rings. The van der Waals surface area contributed by atoms with Gasteiger partial charge in [0.1, 0.15) is 11.4 Å². The molecule has 116 valence electrons. The van der Waals surface area contributed by atoms with Crippen molar-refractivity contribution < 1.29 is 14.3 Å². The van der Waals surface area contributed by atoms with Crippen molar-refractivity contribution >= 4 is 79.5 Å². The molecule has 3 heterocycles. The van der Waals surface area contributed by atoms with Gasteiger partial charge in [-0.05, 0) is 24.5 Å². The zero-order chi connectivity index (χ0) is 15.4. The quantitative estimate of drug-likeness (QED) is 0.379. The molecule has 1 aromatic rings. The summed E-state index contributed by atoms with van der Waals surface area (Å²) in [7, 11) is 0. The SMILES string of the molecule is Cc1cc2c(nc1C1OCCO1)NC(=O)CC2.IC(I)I. The minimum atomic E-state index is -0.390. The highest BCUT2D eigenvalue weighted by Crippen LogP contribution is 2.29. The molecule has 0 saturated carbocycles. The number of aromatic nitrogens is 1. The Balaban J connectivity index is 0.000000361. The van der Waals surface area contributed by atoms with E-state index in [1.807, 2.05) is 6.92 Å². The number of carbonyl (C=O) groups excluding carboxylic acids is 1. The van der Waals surface area contributed by atoms with Gasteiger partial charge >= 0.3 is 0 Å². The van der Waals surface area contributed by atoms with E-state index < -0.39 is 0 Å². The number of aryl methyl sites for hydroxylation is 2. The first-order valence-corrected chi connectivity index (χ1v) is 10.2. The maximum absolute atomic E-state index is 11.3. The number of hydrogen-bond acceptors (Lipinski definition) is 4. The molecule has 0 aliphatic carbocycles. The highest BCUT2D eigenvalue weighted by atomic mass is 127. The first-order valence-electron chi connectivity index (χ1n) is 6.43. The van der Waals surface area contributed by atoms with Gasteiger partial charge in [-0.25, -0.2) is 4.98 Å². The Kier molecular flexibility index (Phi) is 7.35. The Bertz CT molecular complexity index is 517. The zero-order valence-electron chi connectivity index (χ0n) is 11.4. The normalized spacial score (nSPS) is 18.0. The molecule has 2 aliphatic heterocycles. The Hall–Kier alpha value is 0.730. The van der Waals surface area contributed by atoms with Gasteiger partial charge in [0.05, 0.1) is 13.2 Å². The highest BCUT2D eigenvalue weighted by molar-refractivity contribution is 14.3. The van der Waals surface area contributed by atoms with Gasteiger partial charge in [-0.15, -0.1) is 0 Å². The molecule has 8 heteroatoms. The summed E-state index contributed by atoms with van der Waals surface area (Å²) in [5.74, 6) is 0.675. The Labute approximate surface area is 164 Å². The van der Waals surface area contributed by atoms with Crippen molar-refractivity contribution in [2.75, 3.05) is 18.5 Å². The maximum Gasteiger partial charge on any atom is 0.225 e. The second-order valence-electron chi connectivity index (χ2n) is 4.57. The van der Waals surface area contributed by atoms with Crippen LogP contribution in [-0.2, 0) is 20.7 Å². The van der Waals surface area contributed by atoms with Crippen LogP contribution in [0.15, 0.2) is 6.07 Å². The molecule has 3 rings (SSSR count). The average Bonchev–Trinajstić information content (AvgIpc) is 2.91. The highest BCUT2D eigenvalue weighted by Gasteiger charge is 2.25. The number of nitrogens with one attached hydrogen (secondary N) is 1. The topological polar surface area (TPSA) is 60.5 Å². The lowest BCUT2D eigenvalue weighted by atomic mass is 10.0. The summed E-state index contributed by atoms with van der Waals surface area (Å²) in [5.41, 5.74) is 2.90. The number of ether oxygens (including phenoxy) is 2. The van der Waals surface area contributed by atoms with Crippen LogP contribution in [0.3, 0.4) is 0 Å². The third-order valence-electron chi connectivity index (χ3n) is 3.06. The Morgan fingerprint density at radius 1 is 1.29 bits per heavy atom. The number of nitrogens with zero attached hydrogens (tertiary/aromatic N) is 1. The van der Waals surface area contributed by atoms with Gasteiger partial charge in [-0.2, -0.15) is 0 Å². The second-order valence-corrected chi connectivity index (χ2v) is 15.5. The first kappa shape index (κ1) is 18.1. The van der Waals surface area contributed by atoms with E-state index in [2.05, 4.69) is 84.1 Å². The first-order chi connectivity index (χ1) is 9.97. The molecule has 0 spiro atoms. The predicted octanol–water partition coefficient (Wildman–Crippen LogP) is 3.90. The lowest BCUT2D eigenvalue weighted by Crippen LogP contribution is -2.21. The molecule has 0 unspecified atom stereocenters. The van der Waals surface area contributed by atoms with Crippen LogP contribution in [0.1, 0.15) is 29.5 Å². The molecule has 0 radical (unpaired) electrons. The van der Waals surface area contributed by atoms with Crippen molar-refractivity contribution in [3.63, 3.8) is 0 Å². The molecule has 0 atom stereocenters. The van der Waals surface area contributed by atoms with Crippen molar-refractivity contribution in [1.29, 1.82) is 0 Å². The summed E-state index contributed by atoms with van der Waals surface area (Å²) in [5, 5.41) is 2.79. The minimum absolute atomic E-state index is 0.0214. The third-order valence-corrected chi connectivity index (χ3v) is 3.06. The summed E-state index contributed by atoms with van der Waals surface area (Å²) < 4.78 is 11.6. The summed E-state index contributed by atoms with van der Waals surface area (Å²) in [6.07, 6.45) is 0.894. The fourth-order valence-electron chi connectivity index (χ4n) is 2.18. The summed E-state index contributed by atoms with van der Waals surface area (Å²) in [6, 6.07) is 2.06. The van der Waals surface area contributed by atoms with E-state index in [0.717, 1.165) is 23.2 Å². The molecular formula is C13H15I3N2O3. The number of fused-ring (bicyclic) bond motifs is 1. The monoisotopic (exact) mass is 628 g/mol. The molecule has 2 aliphatic rings. The van der Waals surface area contributed by atoms with Crippen LogP contribution in [0.4, 0.5) is 5.82 Å². The fourth-order valence-corrected chi connectivity index (χ4v) is 2.18. The number of amides is 1. The molecule has 1 saturated heterocycles. The van der Waals surface area contributed by atoms with Crippen LogP contribution in [0.5, 0.6) is 0 Å². The van der Waals surface area contributed by atoms with Gasteiger partial charge in [-0.1, -0.05) is 73.8 Å². The van der Waals surface area contributed by atoms with E-state index >= 15 is 0 Å². The van der Waals surface area contributed by atoms with E-state index in [1.54, 1.807) is 0 Å². The molecule has 0 bridgehead atoms. The number of rotatable bonds is 1. The number of pyridine rings is 1. The second kappa shape index (κ2) is 8.55. The molecule has 1 aromatic heterocycles. The smallest absolute Gasteiger partial charge is 0.225 e. The predicted molar refractivity (Wildman–Crippen MR) is 106 cm³/mol. The number of halogens is 3. The summed E-state index contributed by atoms with van der Waals surface area (Å²) >= 11 is 6.95. The minimum Gasteiger partial charge on any atom is -0.345 e. The largest absolute Gasteiger partial charge is 0.345 e. The van der Waals surface area contributed by atoms with E-state index in [1.165, 1.54) is 0 Å². The maximum atomic E-state index is 11.3. The van der Waals surface area contributed by atoms with Gasteiger partial charge in [0.25, 0.3) is 0 Å². The van der Waals surface area contributed by atoms with Crippen molar-refractivity contribution in [3.05, 3.63) is 22.9 Å². The molecule has 21 heavy (non-hydrogen) atoms. The summed E-state index contributed by atoms with van der Waals surface area (Å²) in [6.45, 7) is 3.18. The Morgan fingerprint density at radius 3 is 2.52 bits per heavy atom. The van der Waals surface area contributed by atoms with E-state index in [4.69, 9.17) is 9.47 Å². The van der Waals surface area contributed by atoms with Crippen LogP contribution in [0.25, 0.3) is 0 Å². The van der Waals surface area contributed by atoms with Crippen molar-refractivity contribution in [1.82, 2.24) is 4.98 Å². The molecule has 1 amide bonds.